The molecule has 0 radical (unpaired) electrons. The van der Waals surface area contributed by atoms with E-state index in [0.717, 1.165) is 35.9 Å². The molecule has 0 unspecified atom stereocenters. The zero-order valence-electron chi connectivity index (χ0n) is 15.7. The van der Waals surface area contributed by atoms with E-state index in [9.17, 15) is 0 Å². The molecule has 2 rings (SSSR count). The summed E-state index contributed by atoms with van der Waals surface area (Å²) in [7, 11) is 1.66. The molecule has 0 aromatic heterocycles. The van der Waals surface area contributed by atoms with Gasteiger partial charge in [-0.2, -0.15) is 0 Å². The SMILES string of the molecule is COc1cccc(CNCC(C)(C)C)c1OCCOc1ccccc1. The molecule has 2 aromatic carbocycles. The smallest absolute Gasteiger partial charge is 0.165 e. The number of benzene rings is 2. The maximum absolute atomic E-state index is 5.97. The summed E-state index contributed by atoms with van der Waals surface area (Å²) in [6.07, 6.45) is 0. The molecule has 0 heterocycles. The molecule has 0 bridgehead atoms. The minimum atomic E-state index is 0.239. The first-order chi connectivity index (χ1) is 12.0. The molecule has 1 N–H and O–H groups in total. The molecule has 0 saturated carbocycles. The second-order valence-corrected chi connectivity index (χ2v) is 7.12. The van der Waals surface area contributed by atoms with E-state index in [1.807, 2.05) is 42.5 Å². The Balaban J connectivity index is 1.92. The number of hydrogen-bond acceptors (Lipinski definition) is 4. The highest BCUT2D eigenvalue weighted by Gasteiger charge is 2.13. The summed E-state index contributed by atoms with van der Waals surface area (Å²) in [5.74, 6) is 2.37. The third-order valence-electron chi connectivity index (χ3n) is 3.59. The van der Waals surface area contributed by atoms with Gasteiger partial charge in [-0.3, -0.25) is 0 Å². The number of para-hydroxylation sites is 2. The number of methoxy groups -OCH3 is 1. The maximum atomic E-state index is 5.97. The van der Waals surface area contributed by atoms with Crippen LogP contribution in [0.5, 0.6) is 17.2 Å². The molecule has 0 spiro atoms. The quantitative estimate of drug-likeness (QED) is 0.690. The van der Waals surface area contributed by atoms with E-state index in [0.29, 0.717) is 13.2 Å². The average Bonchev–Trinajstić information content (AvgIpc) is 2.59. The Morgan fingerprint density at radius 1 is 0.880 bits per heavy atom. The van der Waals surface area contributed by atoms with Gasteiger partial charge in [0.1, 0.15) is 19.0 Å². The largest absolute Gasteiger partial charge is 0.493 e. The monoisotopic (exact) mass is 343 g/mol. The van der Waals surface area contributed by atoms with E-state index < -0.39 is 0 Å². The highest BCUT2D eigenvalue weighted by molar-refractivity contribution is 5.46. The molecule has 0 aliphatic carbocycles. The van der Waals surface area contributed by atoms with Crippen LogP contribution in [-0.2, 0) is 6.54 Å². The normalized spacial score (nSPS) is 11.2. The van der Waals surface area contributed by atoms with Crippen molar-refractivity contribution in [3.63, 3.8) is 0 Å². The lowest BCUT2D eigenvalue weighted by Crippen LogP contribution is -2.26. The van der Waals surface area contributed by atoms with Gasteiger partial charge in [0.25, 0.3) is 0 Å². The van der Waals surface area contributed by atoms with Crippen molar-refractivity contribution in [2.45, 2.75) is 27.3 Å². The number of ether oxygens (including phenoxy) is 3. The van der Waals surface area contributed by atoms with Crippen molar-refractivity contribution in [2.75, 3.05) is 26.9 Å². The van der Waals surface area contributed by atoms with Crippen LogP contribution in [0, 0.1) is 5.41 Å². The van der Waals surface area contributed by atoms with E-state index in [4.69, 9.17) is 14.2 Å². The molecule has 2 aromatic rings. The van der Waals surface area contributed by atoms with Crippen molar-refractivity contribution in [1.29, 1.82) is 0 Å². The van der Waals surface area contributed by atoms with Crippen LogP contribution in [-0.4, -0.2) is 26.9 Å². The fourth-order valence-corrected chi connectivity index (χ4v) is 2.42. The van der Waals surface area contributed by atoms with Gasteiger partial charge in [-0.15, -0.1) is 0 Å². The number of hydrogen-bond donors (Lipinski definition) is 1. The Bertz CT molecular complexity index is 635. The molecule has 136 valence electrons. The maximum Gasteiger partial charge on any atom is 0.165 e. The van der Waals surface area contributed by atoms with Crippen molar-refractivity contribution >= 4 is 0 Å². The Morgan fingerprint density at radius 3 is 2.28 bits per heavy atom. The molecule has 0 fully saturated rings. The first kappa shape index (κ1) is 19.1. The zero-order valence-corrected chi connectivity index (χ0v) is 15.7. The van der Waals surface area contributed by atoms with Crippen LogP contribution in [0.15, 0.2) is 48.5 Å². The molecular weight excluding hydrogens is 314 g/mol. The Labute approximate surface area is 151 Å². The summed E-state index contributed by atoms with van der Waals surface area (Å²) in [6.45, 7) is 9.25. The van der Waals surface area contributed by atoms with Crippen LogP contribution in [0.3, 0.4) is 0 Å². The number of rotatable bonds is 9. The Hall–Kier alpha value is -2.20. The van der Waals surface area contributed by atoms with Crippen LogP contribution < -0.4 is 19.5 Å². The highest BCUT2D eigenvalue weighted by Crippen LogP contribution is 2.31. The lowest BCUT2D eigenvalue weighted by Gasteiger charge is -2.20. The Kier molecular flexibility index (Phi) is 7.14. The fourth-order valence-electron chi connectivity index (χ4n) is 2.42. The van der Waals surface area contributed by atoms with Crippen LogP contribution in [0.1, 0.15) is 26.3 Å². The van der Waals surface area contributed by atoms with Gasteiger partial charge in [0.15, 0.2) is 11.5 Å². The molecule has 0 amide bonds. The molecule has 0 aliphatic heterocycles. The van der Waals surface area contributed by atoms with Gasteiger partial charge in [-0.05, 0) is 23.6 Å². The van der Waals surface area contributed by atoms with Crippen LogP contribution in [0.2, 0.25) is 0 Å². The average molecular weight is 343 g/mol. The van der Waals surface area contributed by atoms with E-state index in [2.05, 4.69) is 32.2 Å². The van der Waals surface area contributed by atoms with Crippen LogP contribution in [0.25, 0.3) is 0 Å². The highest BCUT2D eigenvalue weighted by atomic mass is 16.5. The predicted octanol–water partition coefficient (Wildman–Crippen LogP) is 4.29. The van der Waals surface area contributed by atoms with Gasteiger partial charge in [0.2, 0.25) is 0 Å². The molecule has 25 heavy (non-hydrogen) atoms. The van der Waals surface area contributed by atoms with Crippen molar-refractivity contribution < 1.29 is 14.2 Å². The van der Waals surface area contributed by atoms with Crippen LogP contribution in [0.4, 0.5) is 0 Å². The lowest BCUT2D eigenvalue weighted by molar-refractivity contribution is 0.209. The first-order valence-corrected chi connectivity index (χ1v) is 8.67. The van der Waals surface area contributed by atoms with E-state index in [1.165, 1.54) is 0 Å². The molecule has 4 nitrogen and oxygen atoms in total. The van der Waals surface area contributed by atoms with Gasteiger partial charge < -0.3 is 19.5 Å². The second-order valence-electron chi connectivity index (χ2n) is 7.12. The molecule has 0 aliphatic rings. The molecule has 0 saturated heterocycles. The van der Waals surface area contributed by atoms with Gasteiger partial charge in [-0.1, -0.05) is 51.1 Å². The summed E-state index contributed by atoms with van der Waals surface area (Å²) < 4.78 is 17.1. The minimum Gasteiger partial charge on any atom is -0.493 e. The Morgan fingerprint density at radius 2 is 1.60 bits per heavy atom. The fraction of sp³-hybridized carbons (Fsp3) is 0.429. The first-order valence-electron chi connectivity index (χ1n) is 8.67. The summed E-state index contributed by atoms with van der Waals surface area (Å²) in [5, 5.41) is 3.48. The predicted molar refractivity (Wildman–Crippen MR) is 102 cm³/mol. The second kappa shape index (κ2) is 9.33. The van der Waals surface area contributed by atoms with Gasteiger partial charge in [-0.25, -0.2) is 0 Å². The van der Waals surface area contributed by atoms with Crippen molar-refractivity contribution in [3.05, 3.63) is 54.1 Å². The molecule has 0 atom stereocenters. The van der Waals surface area contributed by atoms with Crippen molar-refractivity contribution in [2.24, 2.45) is 5.41 Å². The van der Waals surface area contributed by atoms with E-state index in [-0.39, 0.29) is 5.41 Å². The van der Waals surface area contributed by atoms with Crippen molar-refractivity contribution in [3.8, 4) is 17.2 Å². The van der Waals surface area contributed by atoms with Gasteiger partial charge in [0.05, 0.1) is 7.11 Å². The topological polar surface area (TPSA) is 39.7 Å². The van der Waals surface area contributed by atoms with Gasteiger partial charge in [0, 0.05) is 18.7 Å². The van der Waals surface area contributed by atoms with Crippen molar-refractivity contribution in [1.82, 2.24) is 5.32 Å². The summed E-state index contributed by atoms with van der Waals surface area (Å²) in [4.78, 5) is 0. The van der Waals surface area contributed by atoms with Gasteiger partial charge >= 0.3 is 0 Å². The van der Waals surface area contributed by atoms with E-state index >= 15 is 0 Å². The lowest BCUT2D eigenvalue weighted by atomic mass is 9.97. The summed E-state index contributed by atoms with van der Waals surface area (Å²) in [6, 6.07) is 15.7. The third kappa shape index (κ3) is 6.67. The molecular formula is C21H29NO3. The van der Waals surface area contributed by atoms with E-state index in [1.54, 1.807) is 7.11 Å². The van der Waals surface area contributed by atoms with Crippen LogP contribution >= 0.6 is 0 Å². The number of nitrogens with one attached hydrogen (secondary N) is 1. The minimum absolute atomic E-state index is 0.239. The zero-order chi connectivity index (χ0) is 18.1. The summed E-state index contributed by atoms with van der Waals surface area (Å²) in [5.41, 5.74) is 1.33. The standard InChI is InChI=1S/C21H29NO3/c1-21(2,3)16-22-15-17-9-8-12-19(23-4)20(17)25-14-13-24-18-10-6-5-7-11-18/h5-12,22H,13-16H2,1-4H3. The summed E-state index contributed by atoms with van der Waals surface area (Å²) >= 11 is 0. The third-order valence-corrected chi connectivity index (χ3v) is 3.59. The molecule has 4 heteroatoms.